The molecule has 0 unspecified atom stereocenters. The lowest BCUT2D eigenvalue weighted by atomic mass is 10.0. The number of barbiturate groups is 1. The van der Waals surface area contributed by atoms with Gasteiger partial charge >= 0.3 is 6.03 Å². The van der Waals surface area contributed by atoms with E-state index in [4.69, 9.17) is 16.3 Å². The fourth-order valence-corrected chi connectivity index (χ4v) is 3.53. The molecule has 1 aliphatic rings. The van der Waals surface area contributed by atoms with Crippen molar-refractivity contribution in [2.24, 2.45) is 0 Å². The highest BCUT2D eigenvalue weighted by molar-refractivity contribution is 6.33. The molecule has 7 heteroatoms. The van der Waals surface area contributed by atoms with Crippen LogP contribution in [-0.4, -0.2) is 17.8 Å². The van der Waals surface area contributed by atoms with E-state index in [1.807, 2.05) is 29.7 Å². The van der Waals surface area contributed by atoms with Gasteiger partial charge in [0.2, 0.25) is 0 Å². The number of carbonyl (C=O) groups is 3. The Morgan fingerprint density at radius 1 is 0.967 bits per heavy atom. The van der Waals surface area contributed by atoms with Crippen LogP contribution in [0.5, 0.6) is 5.75 Å². The summed E-state index contributed by atoms with van der Waals surface area (Å²) in [7, 11) is 0. The number of rotatable bonds is 4. The molecule has 3 aromatic carbocycles. The lowest BCUT2D eigenvalue weighted by Gasteiger charge is -2.15. The van der Waals surface area contributed by atoms with Crippen LogP contribution >= 0.6 is 11.6 Å². The van der Waals surface area contributed by atoms with Crippen LogP contribution in [0.3, 0.4) is 0 Å². The predicted molar refractivity (Wildman–Crippen MR) is 114 cm³/mol. The van der Waals surface area contributed by atoms with E-state index >= 15 is 0 Å². The minimum absolute atomic E-state index is 0.175. The molecule has 4 amide bonds. The first-order valence-electron chi connectivity index (χ1n) is 9.20. The molecule has 0 spiro atoms. The number of amides is 4. The van der Waals surface area contributed by atoms with E-state index in [0.717, 1.165) is 21.9 Å². The highest BCUT2D eigenvalue weighted by Crippen LogP contribution is 2.29. The third-order valence-corrected chi connectivity index (χ3v) is 5.15. The number of nitrogens with one attached hydrogen (secondary N) is 2. The van der Waals surface area contributed by atoms with Crippen LogP contribution in [0.25, 0.3) is 16.8 Å². The number of aryl methyl sites for hydroxylation is 1. The quantitative estimate of drug-likeness (QED) is 0.491. The molecule has 0 bridgehead atoms. The third kappa shape index (κ3) is 3.90. The SMILES string of the molecule is Cc1ccc2ccccc2c1COc1ccc(C=C2C(=O)NC(=O)NC2=O)cc1Cl. The third-order valence-electron chi connectivity index (χ3n) is 4.86. The number of halogens is 1. The van der Waals surface area contributed by atoms with Gasteiger partial charge in [-0.1, -0.05) is 54.1 Å². The molecular weight excluding hydrogens is 404 g/mol. The van der Waals surface area contributed by atoms with Crippen LogP contribution < -0.4 is 15.4 Å². The zero-order valence-electron chi connectivity index (χ0n) is 16.0. The van der Waals surface area contributed by atoms with Gasteiger partial charge in [-0.3, -0.25) is 20.2 Å². The number of urea groups is 1. The molecule has 0 aliphatic carbocycles. The summed E-state index contributed by atoms with van der Waals surface area (Å²) in [6, 6.07) is 16.4. The fraction of sp³-hybridized carbons (Fsp3) is 0.0870. The van der Waals surface area contributed by atoms with Gasteiger partial charge in [0.25, 0.3) is 11.8 Å². The monoisotopic (exact) mass is 420 g/mol. The minimum Gasteiger partial charge on any atom is -0.487 e. The number of imide groups is 2. The van der Waals surface area contributed by atoms with Gasteiger partial charge in [0.05, 0.1) is 5.02 Å². The first kappa shape index (κ1) is 19.7. The van der Waals surface area contributed by atoms with Gasteiger partial charge in [-0.25, -0.2) is 4.79 Å². The van der Waals surface area contributed by atoms with Gasteiger partial charge < -0.3 is 4.74 Å². The highest BCUT2D eigenvalue weighted by atomic mass is 35.5. The molecule has 1 aliphatic heterocycles. The predicted octanol–water partition coefficient (Wildman–Crippen LogP) is 4.13. The van der Waals surface area contributed by atoms with Crippen molar-refractivity contribution in [1.82, 2.24) is 10.6 Å². The molecule has 0 saturated carbocycles. The van der Waals surface area contributed by atoms with Crippen LogP contribution in [0.15, 0.2) is 60.2 Å². The van der Waals surface area contributed by atoms with Crippen LogP contribution in [-0.2, 0) is 16.2 Å². The van der Waals surface area contributed by atoms with E-state index in [2.05, 4.69) is 24.3 Å². The topological polar surface area (TPSA) is 84.5 Å². The number of benzene rings is 3. The Bertz CT molecular complexity index is 1210. The summed E-state index contributed by atoms with van der Waals surface area (Å²) < 4.78 is 5.96. The molecule has 1 saturated heterocycles. The van der Waals surface area contributed by atoms with Crippen molar-refractivity contribution in [3.8, 4) is 5.75 Å². The van der Waals surface area contributed by atoms with E-state index in [9.17, 15) is 14.4 Å². The number of hydrogen-bond acceptors (Lipinski definition) is 4. The smallest absolute Gasteiger partial charge is 0.328 e. The maximum absolute atomic E-state index is 11.9. The first-order chi connectivity index (χ1) is 14.4. The summed E-state index contributed by atoms with van der Waals surface area (Å²) in [5, 5.41) is 6.66. The normalized spacial score (nSPS) is 13.8. The highest BCUT2D eigenvalue weighted by Gasteiger charge is 2.27. The van der Waals surface area contributed by atoms with Gasteiger partial charge in [-0.05, 0) is 47.0 Å². The molecule has 0 radical (unpaired) electrons. The molecule has 6 nitrogen and oxygen atoms in total. The van der Waals surface area contributed by atoms with Crippen molar-refractivity contribution < 1.29 is 19.1 Å². The van der Waals surface area contributed by atoms with Crippen molar-refractivity contribution in [2.75, 3.05) is 0 Å². The van der Waals surface area contributed by atoms with Gasteiger partial charge in [0, 0.05) is 5.56 Å². The molecule has 0 atom stereocenters. The molecule has 150 valence electrons. The average Bonchev–Trinajstić information content (AvgIpc) is 2.71. The summed E-state index contributed by atoms with van der Waals surface area (Å²) in [5.41, 5.74) is 2.56. The summed E-state index contributed by atoms with van der Waals surface area (Å²) in [5.74, 6) is -1.03. The van der Waals surface area contributed by atoms with Crippen molar-refractivity contribution in [3.63, 3.8) is 0 Å². The van der Waals surface area contributed by atoms with E-state index in [1.165, 1.54) is 6.08 Å². The number of hydrogen-bond donors (Lipinski definition) is 2. The molecule has 3 aromatic rings. The number of carbonyl (C=O) groups excluding carboxylic acids is 3. The Balaban J connectivity index is 1.56. The van der Waals surface area contributed by atoms with E-state index in [1.54, 1.807) is 18.2 Å². The lowest BCUT2D eigenvalue weighted by Crippen LogP contribution is -2.51. The first-order valence-corrected chi connectivity index (χ1v) is 9.58. The van der Waals surface area contributed by atoms with E-state index in [-0.39, 0.29) is 5.57 Å². The van der Waals surface area contributed by atoms with Crippen molar-refractivity contribution in [2.45, 2.75) is 13.5 Å². The average molecular weight is 421 g/mol. The van der Waals surface area contributed by atoms with Crippen LogP contribution in [0, 0.1) is 6.92 Å². The van der Waals surface area contributed by atoms with Gasteiger partial charge in [-0.2, -0.15) is 0 Å². The second kappa shape index (κ2) is 8.00. The summed E-state index contributed by atoms with van der Waals surface area (Å²) >= 11 is 6.36. The summed E-state index contributed by atoms with van der Waals surface area (Å²) in [6.45, 7) is 2.38. The van der Waals surface area contributed by atoms with Crippen molar-refractivity contribution >= 4 is 46.3 Å². The van der Waals surface area contributed by atoms with E-state index in [0.29, 0.717) is 22.9 Å². The number of fused-ring (bicyclic) bond motifs is 1. The largest absolute Gasteiger partial charge is 0.487 e. The van der Waals surface area contributed by atoms with Gasteiger partial charge in [-0.15, -0.1) is 0 Å². The molecule has 30 heavy (non-hydrogen) atoms. The summed E-state index contributed by atoms with van der Waals surface area (Å²) in [6.07, 6.45) is 1.36. The minimum atomic E-state index is -0.840. The Morgan fingerprint density at radius 2 is 1.70 bits per heavy atom. The fourth-order valence-electron chi connectivity index (χ4n) is 3.28. The Morgan fingerprint density at radius 3 is 2.43 bits per heavy atom. The zero-order chi connectivity index (χ0) is 21.3. The molecule has 1 fully saturated rings. The van der Waals surface area contributed by atoms with Gasteiger partial charge in [0.1, 0.15) is 17.9 Å². The maximum Gasteiger partial charge on any atom is 0.328 e. The van der Waals surface area contributed by atoms with E-state index < -0.39 is 17.8 Å². The molecule has 0 aromatic heterocycles. The molecule has 4 rings (SSSR count). The number of ether oxygens (including phenoxy) is 1. The van der Waals surface area contributed by atoms with Crippen molar-refractivity contribution in [3.05, 3.63) is 81.9 Å². The Hall–Kier alpha value is -3.64. The van der Waals surface area contributed by atoms with Crippen LogP contribution in [0.1, 0.15) is 16.7 Å². The molecule has 2 N–H and O–H groups in total. The second-order valence-electron chi connectivity index (χ2n) is 6.86. The van der Waals surface area contributed by atoms with Gasteiger partial charge in [0.15, 0.2) is 0 Å². The second-order valence-corrected chi connectivity index (χ2v) is 7.26. The van der Waals surface area contributed by atoms with Crippen LogP contribution in [0.4, 0.5) is 4.79 Å². The van der Waals surface area contributed by atoms with Crippen LogP contribution in [0.2, 0.25) is 5.02 Å². The lowest BCUT2D eigenvalue weighted by molar-refractivity contribution is -0.123. The molecule has 1 heterocycles. The zero-order valence-corrected chi connectivity index (χ0v) is 16.7. The molecular formula is C23H17ClN2O4. The maximum atomic E-state index is 11.9. The Labute approximate surface area is 177 Å². The Kier molecular flexibility index (Phi) is 5.25. The van der Waals surface area contributed by atoms with Crippen molar-refractivity contribution in [1.29, 1.82) is 0 Å². The summed E-state index contributed by atoms with van der Waals surface area (Å²) in [4.78, 5) is 34.8. The standard InChI is InChI=1S/C23H17ClN2O4/c1-13-6-8-15-4-2-3-5-16(15)18(13)12-30-20-9-7-14(11-19(20)24)10-17-21(27)25-23(29)26-22(17)28/h2-11H,12H2,1H3,(H2,25,26,27,28,29).